The summed E-state index contributed by atoms with van der Waals surface area (Å²) in [6, 6.07) is 9.66. The molecule has 0 bridgehead atoms. The summed E-state index contributed by atoms with van der Waals surface area (Å²) in [5, 5.41) is 2.76. The molecule has 0 aliphatic carbocycles. The fraction of sp³-hybridized carbons (Fsp3) is 0.0714. The first-order valence-electron chi connectivity index (χ1n) is 5.53. The first kappa shape index (κ1) is 14.1. The van der Waals surface area contributed by atoms with Gasteiger partial charge in [-0.05, 0) is 58.7 Å². The van der Waals surface area contributed by atoms with Crippen LogP contribution in [0.15, 0.2) is 45.8 Å². The third-order valence-electron chi connectivity index (χ3n) is 2.58. The first-order valence-corrected chi connectivity index (χ1v) is 6.77. The molecule has 0 saturated carbocycles. The van der Waals surface area contributed by atoms with E-state index in [0.29, 0.717) is 11.3 Å². The summed E-state index contributed by atoms with van der Waals surface area (Å²) < 4.78 is 13.9. The lowest BCUT2D eigenvalue weighted by Gasteiger charge is -2.08. The molecule has 1 amide bonds. The Bertz CT molecular complexity index is 645. The second kappa shape index (κ2) is 5.75. The number of carbonyl (C=O) groups is 1. The second-order valence-corrected chi connectivity index (χ2v) is 5.44. The number of hydrogen-bond donors (Lipinski definition) is 2. The van der Waals surface area contributed by atoms with Gasteiger partial charge in [0.1, 0.15) is 5.82 Å². The molecule has 0 fully saturated rings. The summed E-state index contributed by atoms with van der Waals surface area (Å²) >= 11 is 7.34. The molecule has 5 heteroatoms. The molecular weight excluding hydrogens is 329 g/mol. The van der Waals surface area contributed by atoms with Crippen LogP contribution in [0.25, 0.3) is 0 Å². The minimum atomic E-state index is -0.448. The van der Waals surface area contributed by atoms with Gasteiger partial charge >= 0.3 is 0 Å². The summed E-state index contributed by atoms with van der Waals surface area (Å²) in [6.45, 7) is 1.96. The number of benzene rings is 2. The van der Waals surface area contributed by atoms with Gasteiger partial charge in [0.15, 0.2) is 0 Å². The highest BCUT2D eigenvalue weighted by atomic mass is 79.9. The molecule has 2 aromatic rings. The van der Waals surface area contributed by atoms with Crippen LogP contribution in [-0.4, -0.2) is 5.91 Å². The van der Waals surface area contributed by atoms with Gasteiger partial charge in [-0.1, -0.05) is 6.07 Å². The Kier molecular flexibility index (Phi) is 4.27. The van der Waals surface area contributed by atoms with Crippen molar-refractivity contribution >= 4 is 40.2 Å². The van der Waals surface area contributed by atoms with E-state index in [2.05, 4.69) is 33.9 Å². The average molecular weight is 340 g/mol. The van der Waals surface area contributed by atoms with Crippen molar-refractivity contribution in [3.8, 4) is 0 Å². The van der Waals surface area contributed by atoms with E-state index in [1.165, 1.54) is 18.2 Å². The van der Waals surface area contributed by atoms with Crippen LogP contribution in [0.3, 0.4) is 0 Å². The van der Waals surface area contributed by atoms with Gasteiger partial charge in [-0.25, -0.2) is 4.39 Å². The third-order valence-corrected chi connectivity index (χ3v) is 3.58. The average Bonchev–Trinajstić information content (AvgIpc) is 2.36. The van der Waals surface area contributed by atoms with Gasteiger partial charge in [0.2, 0.25) is 0 Å². The minimum Gasteiger partial charge on any atom is -0.321 e. The molecule has 19 heavy (non-hydrogen) atoms. The van der Waals surface area contributed by atoms with Crippen LogP contribution >= 0.6 is 28.6 Å². The maximum absolute atomic E-state index is 13.1. The molecule has 0 saturated heterocycles. The SMILES string of the molecule is Cc1ccc(NC(=O)c2ccc(F)c(S)c2)c(Br)c1. The molecule has 2 nitrogen and oxygen atoms in total. The van der Waals surface area contributed by atoms with E-state index in [0.717, 1.165) is 10.0 Å². The topological polar surface area (TPSA) is 29.1 Å². The van der Waals surface area contributed by atoms with Gasteiger partial charge in [-0.3, -0.25) is 4.79 Å². The largest absolute Gasteiger partial charge is 0.321 e. The summed E-state index contributed by atoms with van der Waals surface area (Å²) in [5.41, 5.74) is 2.11. The monoisotopic (exact) mass is 339 g/mol. The molecular formula is C14H11BrFNOS. The highest BCUT2D eigenvalue weighted by Gasteiger charge is 2.10. The molecule has 0 heterocycles. The third kappa shape index (κ3) is 3.36. The number of rotatable bonds is 2. The predicted molar refractivity (Wildman–Crippen MR) is 80.5 cm³/mol. The van der Waals surface area contributed by atoms with E-state index >= 15 is 0 Å². The van der Waals surface area contributed by atoms with Gasteiger partial charge in [0.25, 0.3) is 5.91 Å². The smallest absolute Gasteiger partial charge is 0.255 e. The fourth-order valence-electron chi connectivity index (χ4n) is 1.57. The summed E-state index contributed by atoms with van der Waals surface area (Å²) in [4.78, 5) is 12.2. The number of amides is 1. The van der Waals surface area contributed by atoms with Gasteiger partial charge in [-0.2, -0.15) is 0 Å². The number of nitrogens with one attached hydrogen (secondary N) is 1. The number of thiol groups is 1. The van der Waals surface area contributed by atoms with Crippen LogP contribution in [0, 0.1) is 12.7 Å². The van der Waals surface area contributed by atoms with Crippen LogP contribution in [0.2, 0.25) is 0 Å². The van der Waals surface area contributed by atoms with Crippen LogP contribution in [0.4, 0.5) is 10.1 Å². The van der Waals surface area contributed by atoms with Crippen molar-refractivity contribution in [2.75, 3.05) is 5.32 Å². The molecule has 0 aliphatic heterocycles. The van der Waals surface area contributed by atoms with Gasteiger partial charge < -0.3 is 5.32 Å². The van der Waals surface area contributed by atoms with Crippen molar-refractivity contribution in [1.82, 2.24) is 0 Å². The van der Waals surface area contributed by atoms with E-state index < -0.39 is 5.82 Å². The minimum absolute atomic E-state index is 0.149. The molecule has 0 atom stereocenters. The predicted octanol–water partition coefficient (Wildman–Crippen LogP) is 4.44. The molecule has 0 unspecified atom stereocenters. The molecule has 2 rings (SSSR count). The van der Waals surface area contributed by atoms with Gasteiger partial charge in [0, 0.05) is 14.9 Å². The lowest BCUT2D eigenvalue weighted by Crippen LogP contribution is -2.12. The Hall–Kier alpha value is -1.33. The zero-order valence-electron chi connectivity index (χ0n) is 10.1. The Balaban J connectivity index is 2.23. The Morgan fingerprint density at radius 2 is 2.00 bits per heavy atom. The summed E-state index contributed by atoms with van der Waals surface area (Å²) in [7, 11) is 0. The number of anilines is 1. The van der Waals surface area contributed by atoms with Crippen molar-refractivity contribution in [3.05, 3.63) is 57.8 Å². The van der Waals surface area contributed by atoms with Crippen LogP contribution < -0.4 is 5.32 Å². The Morgan fingerprint density at radius 3 is 2.63 bits per heavy atom. The quantitative estimate of drug-likeness (QED) is 0.778. The Labute approximate surface area is 124 Å². The van der Waals surface area contributed by atoms with Crippen molar-refractivity contribution in [2.24, 2.45) is 0 Å². The highest BCUT2D eigenvalue weighted by molar-refractivity contribution is 9.10. The lowest BCUT2D eigenvalue weighted by atomic mass is 10.2. The molecule has 0 radical (unpaired) electrons. The van der Waals surface area contributed by atoms with E-state index in [1.807, 2.05) is 25.1 Å². The number of halogens is 2. The standard InChI is InChI=1S/C14H11BrFNOS/c1-8-2-5-12(10(15)6-8)17-14(18)9-3-4-11(16)13(19)7-9/h2-7,19H,1H3,(H,17,18). The summed E-state index contributed by atoms with van der Waals surface area (Å²) in [6.07, 6.45) is 0. The molecule has 0 aliphatic rings. The van der Waals surface area contributed by atoms with Gasteiger partial charge in [0.05, 0.1) is 5.69 Å². The van der Waals surface area contributed by atoms with Crippen LogP contribution in [0.5, 0.6) is 0 Å². The lowest BCUT2D eigenvalue weighted by molar-refractivity contribution is 0.102. The van der Waals surface area contributed by atoms with Crippen LogP contribution in [-0.2, 0) is 0 Å². The van der Waals surface area contributed by atoms with E-state index in [1.54, 1.807) is 0 Å². The van der Waals surface area contributed by atoms with E-state index in [9.17, 15) is 9.18 Å². The van der Waals surface area contributed by atoms with Crippen molar-refractivity contribution in [3.63, 3.8) is 0 Å². The molecule has 0 aromatic heterocycles. The number of carbonyl (C=O) groups excluding carboxylic acids is 1. The molecule has 2 aromatic carbocycles. The van der Waals surface area contributed by atoms with E-state index in [-0.39, 0.29) is 10.8 Å². The molecule has 98 valence electrons. The first-order chi connectivity index (χ1) is 8.97. The molecule has 0 spiro atoms. The summed E-state index contributed by atoms with van der Waals surface area (Å²) in [5.74, 6) is -0.753. The van der Waals surface area contributed by atoms with Crippen LogP contribution in [0.1, 0.15) is 15.9 Å². The molecule has 1 N–H and O–H groups in total. The second-order valence-electron chi connectivity index (χ2n) is 4.10. The highest BCUT2D eigenvalue weighted by Crippen LogP contribution is 2.24. The van der Waals surface area contributed by atoms with Crippen molar-refractivity contribution in [2.45, 2.75) is 11.8 Å². The number of hydrogen-bond acceptors (Lipinski definition) is 2. The Morgan fingerprint density at radius 1 is 1.26 bits per heavy atom. The maximum atomic E-state index is 13.1. The normalized spacial score (nSPS) is 10.3. The maximum Gasteiger partial charge on any atom is 0.255 e. The van der Waals surface area contributed by atoms with Gasteiger partial charge in [-0.15, -0.1) is 12.6 Å². The van der Waals surface area contributed by atoms with Crippen molar-refractivity contribution in [1.29, 1.82) is 0 Å². The van der Waals surface area contributed by atoms with Crippen molar-refractivity contribution < 1.29 is 9.18 Å². The zero-order valence-corrected chi connectivity index (χ0v) is 12.6. The fourth-order valence-corrected chi connectivity index (χ4v) is 2.38. The van der Waals surface area contributed by atoms with E-state index in [4.69, 9.17) is 0 Å². The zero-order chi connectivity index (χ0) is 14.0. The number of aryl methyl sites for hydroxylation is 1.